The number of hydrogen-bond donors (Lipinski definition) is 1. The van der Waals surface area contributed by atoms with Crippen molar-refractivity contribution >= 4 is 11.7 Å². The molecule has 0 aliphatic carbocycles. The second-order valence-corrected chi connectivity index (χ2v) is 5.62. The molecule has 1 aliphatic heterocycles. The fourth-order valence-electron chi connectivity index (χ4n) is 2.95. The molecule has 0 spiro atoms. The van der Waals surface area contributed by atoms with E-state index in [1.54, 1.807) is 4.90 Å². The van der Waals surface area contributed by atoms with Gasteiger partial charge in [-0.3, -0.25) is 4.90 Å². The zero-order valence-electron chi connectivity index (χ0n) is 13.4. The first-order valence-electron chi connectivity index (χ1n) is 8.13. The number of nitrogens with zero attached hydrogens (tertiary/aromatic N) is 1. The minimum absolute atomic E-state index is 0.105. The maximum absolute atomic E-state index is 12.4. The van der Waals surface area contributed by atoms with Crippen molar-refractivity contribution in [2.75, 3.05) is 18.2 Å². The summed E-state index contributed by atoms with van der Waals surface area (Å²) in [7, 11) is 0. The lowest BCUT2D eigenvalue weighted by Gasteiger charge is -2.29. The Bertz CT molecular complexity index is 685. The zero-order chi connectivity index (χ0) is 16.1. The number of amides is 2. The molecular formula is C19H22N2O2. The SMILES string of the molecule is CCc1ccccc1OCNC(=O)N1CCCc2ccccc21. The summed E-state index contributed by atoms with van der Waals surface area (Å²) in [4.78, 5) is 14.2. The molecule has 4 nitrogen and oxygen atoms in total. The quantitative estimate of drug-likeness (QED) is 0.874. The minimum Gasteiger partial charge on any atom is -0.473 e. The predicted octanol–water partition coefficient (Wildman–Crippen LogP) is 3.75. The van der Waals surface area contributed by atoms with E-state index in [0.717, 1.165) is 42.8 Å². The summed E-state index contributed by atoms with van der Waals surface area (Å²) in [5.74, 6) is 0.828. The molecule has 0 radical (unpaired) electrons. The lowest BCUT2D eigenvalue weighted by atomic mass is 10.0. The number of ether oxygens (including phenoxy) is 1. The molecule has 0 bridgehead atoms. The van der Waals surface area contributed by atoms with Gasteiger partial charge in [-0.2, -0.15) is 0 Å². The van der Waals surface area contributed by atoms with Gasteiger partial charge in [-0.25, -0.2) is 4.79 Å². The number of hydrogen-bond acceptors (Lipinski definition) is 2. The van der Waals surface area contributed by atoms with E-state index in [-0.39, 0.29) is 12.8 Å². The summed E-state index contributed by atoms with van der Waals surface area (Å²) in [5, 5.41) is 2.86. The molecule has 0 aromatic heterocycles. The third kappa shape index (κ3) is 3.47. The molecular weight excluding hydrogens is 288 g/mol. The standard InChI is InChI=1S/C19H22N2O2/c1-2-15-8-4-6-12-18(15)23-14-20-19(22)21-13-7-10-16-9-3-5-11-17(16)21/h3-6,8-9,11-12H,2,7,10,13-14H2,1H3,(H,20,22). The molecule has 1 N–H and O–H groups in total. The Morgan fingerprint density at radius 1 is 1.17 bits per heavy atom. The highest BCUT2D eigenvalue weighted by Gasteiger charge is 2.21. The van der Waals surface area contributed by atoms with Crippen LogP contribution < -0.4 is 15.0 Å². The Morgan fingerprint density at radius 2 is 1.96 bits per heavy atom. The number of fused-ring (bicyclic) bond motifs is 1. The molecule has 0 unspecified atom stereocenters. The Labute approximate surface area is 137 Å². The fraction of sp³-hybridized carbons (Fsp3) is 0.316. The average molecular weight is 310 g/mol. The van der Waals surface area contributed by atoms with Gasteiger partial charge in [-0.05, 0) is 42.5 Å². The summed E-state index contributed by atoms with van der Waals surface area (Å²) in [5.41, 5.74) is 3.38. The van der Waals surface area contributed by atoms with E-state index in [9.17, 15) is 4.79 Å². The van der Waals surface area contributed by atoms with Gasteiger partial charge in [0, 0.05) is 12.2 Å². The van der Waals surface area contributed by atoms with Crippen LogP contribution in [0.3, 0.4) is 0 Å². The molecule has 0 saturated carbocycles. The van der Waals surface area contributed by atoms with E-state index in [0.29, 0.717) is 0 Å². The number of carbonyl (C=O) groups excluding carboxylic acids is 1. The summed E-state index contributed by atoms with van der Waals surface area (Å²) in [6.07, 6.45) is 2.92. The Morgan fingerprint density at radius 3 is 2.83 bits per heavy atom. The highest BCUT2D eigenvalue weighted by molar-refractivity contribution is 5.93. The smallest absolute Gasteiger partial charge is 0.324 e. The summed E-state index contributed by atoms with van der Waals surface area (Å²) in [6.45, 7) is 3.01. The zero-order valence-corrected chi connectivity index (χ0v) is 13.4. The molecule has 1 aliphatic rings. The van der Waals surface area contributed by atoms with Crippen molar-refractivity contribution in [3.8, 4) is 5.75 Å². The van der Waals surface area contributed by atoms with E-state index in [4.69, 9.17) is 4.74 Å². The van der Waals surface area contributed by atoms with Gasteiger partial charge in [-0.1, -0.05) is 43.3 Å². The molecule has 0 atom stereocenters. The normalized spacial score (nSPS) is 13.3. The van der Waals surface area contributed by atoms with E-state index in [1.165, 1.54) is 5.56 Å². The number of anilines is 1. The highest BCUT2D eigenvalue weighted by atomic mass is 16.5. The predicted molar refractivity (Wildman–Crippen MR) is 92.0 cm³/mol. The summed E-state index contributed by atoms with van der Waals surface area (Å²) >= 11 is 0. The van der Waals surface area contributed by atoms with Crippen molar-refractivity contribution in [3.63, 3.8) is 0 Å². The van der Waals surface area contributed by atoms with Crippen LogP contribution in [-0.2, 0) is 12.8 Å². The topological polar surface area (TPSA) is 41.6 Å². The third-order valence-corrected chi connectivity index (χ3v) is 4.16. The van der Waals surface area contributed by atoms with Crippen LogP contribution in [0.25, 0.3) is 0 Å². The molecule has 0 fully saturated rings. The molecule has 0 saturated heterocycles. The van der Waals surface area contributed by atoms with E-state index < -0.39 is 0 Å². The van der Waals surface area contributed by atoms with Gasteiger partial charge in [0.05, 0.1) is 0 Å². The maximum atomic E-state index is 12.4. The lowest BCUT2D eigenvalue weighted by Crippen LogP contribution is -2.44. The maximum Gasteiger partial charge on any atom is 0.324 e. The van der Waals surface area contributed by atoms with E-state index in [1.807, 2.05) is 42.5 Å². The number of benzene rings is 2. The van der Waals surface area contributed by atoms with Crippen molar-refractivity contribution in [3.05, 3.63) is 59.7 Å². The molecule has 23 heavy (non-hydrogen) atoms. The van der Waals surface area contributed by atoms with E-state index >= 15 is 0 Å². The lowest BCUT2D eigenvalue weighted by molar-refractivity contribution is 0.228. The van der Waals surface area contributed by atoms with Crippen LogP contribution in [0.5, 0.6) is 5.75 Å². The van der Waals surface area contributed by atoms with Crippen molar-refractivity contribution in [1.82, 2.24) is 5.32 Å². The fourth-order valence-corrected chi connectivity index (χ4v) is 2.95. The van der Waals surface area contributed by atoms with Gasteiger partial charge in [0.25, 0.3) is 0 Å². The van der Waals surface area contributed by atoms with Crippen LogP contribution in [-0.4, -0.2) is 19.3 Å². The third-order valence-electron chi connectivity index (χ3n) is 4.16. The van der Waals surface area contributed by atoms with Crippen LogP contribution >= 0.6 is 0 Å². The van der Waals surface area contributed by atoms with Crippen LogP contribution in [0.2, 0.25) is 0 Å². The molecule has 4 heteroatoms. The number of nitrogens with one attached hydrogen (secondary N) is 1. The molecule has 120 valence electrons. The van der Waals surface area contributed by atoms with Crippen molar-refractivity contribution in [2.45, 2.75) is 26.2 Å². The van der Waals surface area contributed by atoms with Gasteiger partial charge >= 0.3 is 6.03 Å². The molecule has 3 rings (SSSR count). The first-order valence-corrected chi connectivity index (χ1v) is 8.13. The number of urea groups is 1. The van der Waals surface area contributed by atoms with Crippen LogP contribution in [0, 0.1) is 0 Å². The van der Waals surface area contributed by atoms with E-state index in [2.05, 4.69) is 18.3 Å². The first kappa shape index (κ1) is 15.4. The number of rotatable bonds is 4. The highest BCUT2D eigenvalue weighted by Crippen LogP contribution is 2.26. The average Bonchev–Trinajstić information content (AvgIpc) is 2.61. The van der Waals surface area contributed by atoms with Gasteiger partial charge in [0.15, 0.2) is 6.73 Å². The van der Waals surface area contributed by atoms with Crippen molar-refractivity contribution in [1.29, 1.82) is 0 Å². The Balaban J connectivity index is 1.60. The minimum atomic E-state index is -0.105. The number of para-hydroxylation sites is 2. The Hall–Kier alpha value is -2.49. The van der Waals surface area contributed by atoms with Gasteiger partial charge < -0.3 is 10.1 Å². The summed E-state index contributed by atoms with van der Waals surface area (Å²) in [6, 6.07) is 15.9. The van der Waals surface area contributed by atoms with Crippen molar-refractivity contribution in [2.24, 2.45) is 0 Å². The number of aryl methyl sites for hydroxylation is 2. The van der Waals surface area contributed by atoms with Gasteiger partial charge in [-0.15, -0.1) is 0 Å². The molecule has 2 aromatic carbocycles. The molecule has 2 amide bonds. The van der Waals surface area contributed by atoms with Crippen LogP contribution in [0.1, 0.15) is 24.5 Å². The summed E-state index contributed by atoms with van der Waals surface area (Å²) < 4.78 is 5.72. The van der Waals surface area contributed by atoms with Gasteiger partial charge in [0.2, 0.25) is 0 Å². The largest absolute Gasteiger partial charge is 0.473 e. The molecule has 2 aromatic rings. The van der Waals surface area contributed by atoms with Crippen LogP contribution in [0.4, 0.5) is 10.5 Å². The second kappa shape index (κ2) is 7.18. The Kier molecular flexibility index (Phi) is 4.81. The van der Waals surface area contributed by atoms with Crippen LogP contribution in [0.15, 0.2) is 48.5 Å². The second-order valence-electron chi connectivity index (χ2n) is 5.62. The number of carbonyl (C=O) groups is 1. The monoisotopic (exact) mass is 310 g/mol. The van der Waals surface area contributed by atoms with Gasteiger partial charge in [0.1, 0.15) is 5.75 Å². The molecule has 1 heterocycles. The van der Waals surface area contributed by atoms with Crippen molar-refractivity contribution < 1.29 is 9.53 Å². The first-order chi connectivity index (χ1) is 11.3.